The second kappa shape index (κ2) is 6.73. The van der Waals surface area contributed by atoms with Crippen LogP contribution in [0.3, 0.4) is 0 Å². The Morgan fingerprint density at radius 1 is 1.22 bits per heavy atom. The first-order valence-electron chi connectivity index (χ1n) is 6.69. The number of ether oxygens (including phenoxy) is 1. The fourth-order valence-corrected chi connectivity index (χ4v) is 3.02. The predicted octanol–water partition coefficient (Wildman–Crippen LogP) is 1.44. The number of rotatable bonds is 2. The van der Waals surface area contributed by atoms with Crippen LogP contribution in [0.25, 0.3) is 0 Å². The number of piperidine rings is 2. The molecule has 2 fully saturated rings. The number of nitrogens with zero attached hydrogens (tertiary/aromatic N) is 1. The Bertz CT molecular complexity index is 270. The van der Waals surface area contributed by atoms with Crippen LogP contribution in [-0.4, -0.2) is 50.2 Å². The smallest absolute Gasteiger partial charge is 0.251 e. The lowest BCUT2D eigenvalue weighted by Gasteiger charge is -2.44. The van der Waals surface area contributed by atoms with Crippen LogP contribution in [0.2, 0.25) is 0 Å². The maximum Gasteiger partial charge on any atom is 0.251 e. The van der Waals surface area contributed by atoms with E-state index in [1.807, 2.05) is 11.8 Å². The Morgan fingerprint density at radius 2 is 1.78 bits per heavy atom. The zero-order valence-corrected chi connectivity index (χ0v) is 12.2. The van der Waals surface area contributed by atoms with Crippen LogP contribution in [0.4, 0.5) is 0 Å². The zero-order chi connectivity index (χ0) is 12.3. The molecule has 4 nitrogen and oxygen atoms in total. The van der Waals surface area contributed by atoms with Crippen molar-refractivity contribution < 1.29 is 9.53 Å². The van der Waals surface area contributed by atoms with Crippen molar-refractivity contribution in [2.75, 3.05) is 33.3 Å². The fourth-order valence-electron chi connectivity index (χ4n) is 3.02. The molecule has 0 aliphatic carbocycles. The van der Waals surface area contributed by atoms with Gasteiger partial charge in [0.05, 0.1) is 0 Å². The fraction of sp³-hybridized carbons (Fsp3) is 0.923. The van der Waals surface area contributed by atoms with Crippen molar-refractivity contribution >= 4 is 18.3 Å². The highest BCUT2D eigenvalue weighted by molar-refractivity contribution is 5.85. The van der Waals surface area contributed by atoms with E-state index >= 15 is 0 Å². The SMILES string of the molecule is COC(C)C(=O)N1CCC2(CCNCC2)CC1.Cl. The summed E-state index contributed by atoms with van der Waals surface area (Å²) in [5, 5.41) is 3.42. The third kappa shape index (κ3) is 3.37. The van der Waals surface area contributed by atoms with Gasteiger partial charge in [-0.15, -0.1) is 12.4 Å². The maximum atomic E-state index is 12.0. The lowest BCUT2D eigenvalue weighted by molar-refractivity contribution is -0.143. The van der Waals surface area contributed by atoms with Crippen molar-refractivity contribution in [2.24, 2.45) is 5.41 Å². The number of likely N-dealkylation sites (tertiary alicyclic amines) is 1. The number of nitrogens with one attached hydrogen (secondary N) is 1. The van der Waals surface area contributed by atoms with E-state index in [0.29, 0.717) is 5.41 Å². The molecule has 0 aromatic rings. The lowest BCUT2D eigenvalue weighted by Crippen LogP contribution is -2.49. The summed E-state index contributed by atoms with van der Waals surface area (Å²) in [5.41, 5.74) is 0.512. The molecule has 0 radical (unpaired) electrons. The Kier molecular flexibility index (Phi) is 5.89. The number of halogens is 1. The van der Waals surface area contributed by atoms with E-state index in [9.17, 15) is 4.79 Å². The van der Waals surface area contributed by atoms with Gasteiger partial charge in [-0.25, -0.2) is 0 Å². The van der Waals surface area contributed by atoms with Gasteiger partial charge in [0.1, 0.15) is 6.10 Å². The van der Waals surface area contributed by atoms with Crippen molar-refractivity contribution in [3.8, 4) is 0 Å². The third-order valence-corrected chi connectivity index (χ3v) is 4.50. The molecule has 0 aromatic heterocycles. The summed E-state index contributed by atoms with van der Waals surface area (Å²) in [6, 6.07) is 0. The summed E-state index contributed by atoms with van der Waals surface area (Å²) in [7, 11) is 1.60. The van der Waals surface area contributed by atoms with Gasteiger partial charge in [0.15, 0.2) is 0 Å². The van der Waals surface area contributed by atoms with Gasteiger partial charge in [0, 0.05) is 20.2 Å². The average molecular weight is 277 g/mol. The molecule has 106 valence electrons. The van der Waals surface area contributed by atoms with Crippen LogP contribution >= 0.6 is 12.4 Å². The molecule has 0 bridgehead atoms. The highest BCUT2D eigenvalue weighted by atomic mass is 35.5. The van der Waals surface area contributed by atoms with Crippen molar-refractivity contribution in [1.82, 2.24) is 10.2 Å². The molecule has 0 saturated carbocycles. The van der Waals surface area contributed by atoms with E-state index < -0.39 is 0 Å². The molecule has 2 aliphatic heterocycles. The first-order chi connectivity index (χ1) is 8.17. The average Bonchev–Trinajstić information content (AvgIpc) is 2.39. The Labute approximate surface area is 116 Å². The second-order valence-corrected chi connectivity index (χ2v) is 5.45. The van der Waals surface area contributed by atoms with Crippen molar-refractivity contribution in [3.05, 3.63) is 0 Å². The second-order valence-electron chi connectivity index (χ2n) is 5.45. The molecule has 2 heterocycles. The first kappa shape index (κ1) is 15.7. The number of carbonyl (C=O) groups excluding carboxylic acids is 1. The molecule has 1 atom stereocenters. The molecular weight excluding hydrogens is 252 g/mol. The molecule has 2 rings (SSSR count). The largest absolute Gasteiger partial charge is 0.372 e. The summed E-state index contributed by atoms with van der Waals surface area (Å²) in [4.78, 5) is 14.0. The zero-order valence-electron chi connectivity index (χ0n) is 11.4. The van der Waals surface area contributed by atoms with Crippen molar-refractivity contribution in [1.29, 1.82) is 0 Å². The molecule has 0 aromatic carbocycles. The van der Waals surface area contributed by atoms with Crippen LogP contribution < -0.4 is 5.32 Å². The van der Waals surface area contributed by atoms with Gasteiger partial charge >= 0.3 is 0 Å². The molecule has 1 unspecified atom stereocenters. The molecule has 1 spiro atoms. The maximum absolute atomic E-state index is 12.0. The molecule has 18 heavy (non-hydrogen) atoms. The Balaban J connectivity index is 0.00000162. The van der Waals surface area contributed by atoms with Crippen LogP contribution in [0, 0.1) is 5.41 Å². The normalized spacial score (nSPS) is 24.4. The lowest BCUT2D eigenvalue weighted by atomic mass is 9.71. The molecular formula is C13H25ClN2O2. The van der Waals surface area contributed by atoms with Gasteiger partial charge in [-0.2, -0.15) is 0 Å². The number of amides is 1. The highest BCUT2D eigenvalue weighted by Gasteiger charge is 2.37. The summed E-state index contributed by atoms with van der Waals surface area (Å²) >= 11 is 0. The number of hydrogen-bond donors (Lipinski definition) is 1. The van der Waals surface area contributed by atoms with Crippen LogP contribution in [0.15, 0.2) is 0 Å². The monoisotopic (exact) mass is 276 g/mol. The van der Waals surface area contributed by atoms with Crippen LogP contribution in [0.5, 0.6) is 0 Å². The van der Waals surface area contributed by atoms with Gasteiger partial charge in [-0.05, 0) is 51.1 Å². The van der Waals surface area contributed by atoms with Crippen LogP contribution in [-0.2, 0) is 9.53 Å². The quantitative estimate of drug-likeness (QED) is 0.830. The minimum Gasteiger partial charge on any atom is -0.372 e. The van der Waals surface area contributed by atoms with Crippen molar-refractivity contribution in [3.63, 3.8) is 0 Å². The number of methoxy groups -OCH3 is 1. The van der Waals surface area contributed by atoms with Crippen molar-refractivity contribution in [2.45, 2.75) is 38.7 Å². The Morgan fingerprint density at radius 3 is 2.28 bits per heavy atom. The highest BCUT2D eigenvalue weighted by Crippen LogP contribution is 2.39. The minimum absolute atomic E-state index is 0. The summed E-state index contributed by atoms with van der Waals surface area (Å²) in [6.07, 6.45) is 4.58. The van der Waals surface area contributed by atoms with E-state index in [-0.39, 0.29) is 24.4 Å². The number of carbonyl (C=O) groups is 1. The Hall–Kier alpha value is -0.320. The minimum atomic E-state index is -0.294. The van der Waals surface area contributed by atoms with Gasteiger partial charge < -0.3 is 15.0 Å². The summed E-state index contributed by atoms with van der Waals surface area (Å²) in [5.74, 6) is 0.149. The van der Waals surface area contributed by atoms with E-state index in [0.717, 1.165) is 39.0 Å². The standard InChI is InChI=1S/C13H24N2O2.ClH/c1-11(17-2)12(16)15-9-5-13(6-10-15)3-7-14-8-4-13;/h11,14H,3-10H2,1-2H3;1H. The van der Waals surface area contributed by atoms with Crippen LogP contribution in [0.1, 0.15) is 32.6 Å². The summed E-state index contributed by atoms with van der Waals surface area (Å²) < 4.78 is 5.10. The first-order valence-corrected chi connectivity index (χ1v) is 6.69. The van der Waals surface area contributed by atoms with E-state index in [4.69, 9.17) is 4.74 Å². The van der Waals surface area contributed by atoms with Gasteiger partial charge in [0.2, 0.25) is 0 Å². The van der Waals surface area contributed by atoms with Gasteiger partial charge in [0.25, 0.3) is 5.91 Å². The molecule has 1 amide bonds. The van der Waals surface area contributed by atoms with Gasteiger partial charge in [-0.1, -0.05) is 0 Å². The predicted molar refractivity (Wildman–Crippen MR) is 74.1 cm³/mol. The molecule has 2 saturated heterocycles. The molecule has 2 aliphatic rings. The number of hydrogen-bond acceptors (Lipinski definition) is 3. The van der Waals surface area contributed by atoms with E-state index in [2.05, 4.69) is 5.32 Å². The third-order valence-electron chi connectivity index (χ3n) is 4.50. The molecule has 1 N–H and O–H groups in total. The summed E-state index contributed by atoms with van der Waals surface area (Å²) in [6.45, 7) is 5.93. The van der Waals surface area contributed by atoms with E-state index in [1.54, 1.807) is 7.11 Å². The van der Waals surface area contributed by atoms with Gasteiger partial charge in [-0.3, -0.25) is 4.79 Å². The topological polar surface area (TPSA) is 41.6 Å². The van der Waals surface area contributed by atoms with E-state index in [1.165, 1.54) is 12.8 Å². The molecule has 5 heteroatoms.